The van der Waals surface area contributed by atoms with Gasteiger partial charge in [-0.3, -0.25) is 4.21 Å². The van der Waals surface area contributed by atoms with Crippen molar-refractivity contribution >= 4 is 22.6 Å². The third-order valence-corrected chi connectivity index (χ3v) is 3.02. The Morgan fingerprint density at radius 3 is 2.73 bits per heavy atom. The molecule has 3 heteroatoms. The normalized spacial score (nSPS) is 12.9. The fourth-order valence-electron chi connectivity index (χ4n) is 0.780. The summed E-state index contributed by atoms with van der Waals surface area (Å²) in [5, 5.41) is 0. The number of rotatable bonds is 2. The first-order chi connectivity index (χ1) is 5.24. The van der Waals surface area contributed by atoms with Crippen molar-refractivity contribution < 1.29 is 4.21 Å². The van der Waals surface area contributed by atoms with E-state index in [1.807, 2.05) is 30.5 Å². The average Bonchev–Trinajstić information content (AvgIpc) is 2.05. The van der Waals surface area contributed by atoms with Crippen molar-refractivity contribution in [2.75, 3.05) is 12.5 Å². The maximum Gasteiger partial charge on any atom is 0.0498 e. The Morgan fingerprint density at radius 2 is 2.18 bits per heavy atom. The number of hydrogen-bond acceptors (Lipinski definition) is 2. The number of hydrogen-bond donors (Lipinski definition) is 0. The van der Waals surface area contributed by atoms with E-state index < -0.39 is 10.8 Å². The van der Waals surface area contributed by atoms with Crippen LogP contribution in [0.3, 0.4) is 0 Å². The highest BCUT2D eigenvalue weighted by molar-refractivity contribution is 7.98. The highest BCUT2D eigenvalue weighted by atomic mass is 32.2. The summed E-state index contributed by atoms with van der Waals surface area (Å²) in [6.45, 7) is 0. The summed E-state index contributed by atoms with van der Waals surface area (Å²) in [6.07, 6.45) is 3.71. The maximum absolute atomic E-state index is 11.0. The van der Waals surface area contributed by atoms with Gasteiger partial charge < -0.3 is 0 Å². The van der Waals surface area contributed by atoms with Crippen molar-refractivity contribution in [1.29, 1.82) is 0 Å². The van der Waals surface area contributed by atoms with Crippen molar-refractivity contribution in [2.24, 2.45) is 0 Å². The summed E-state index contributed by atoms with van der Waals surface area (Å²) < 4.78 is 11.0. The van der Waals surface area contributed by atoms with Gasteiger partial charge in [-0.2, -0.15) is 0 Å². The molecule has 60 valence electrons. The van der Waals surface area contributed by atoms with Crippen LogP contribution in [0.2, 0.25) is 0 Å². The van der Waals surface area contributed by atoms with Gasteiger partial charge in [0.25, 0.3) is 0 Å². The van der Waals surface area contributed by atoms with Crippen LogP contribution in [0, 0.1) is 0 Å². The van der Waals surface area contributed by atoms with E-state index >= 15 is 0 Å². The van der Waals surface area contributed by atoms with Gasteiger partial charge in [-0.05, 0) is 24.5 Å². The van der Waals surface area contributed by atoms with Gasteiger partial charge in [0.2, 0.25) is 0 Å². The Labute approximate surface area is 73.7 Å². The first-order valence-electron chi connectivity index (χ1n) is 3.21. The molecule has 0 saturated heterocycles. The highest BCUT2D eigenvalue weighted by Gasteiger charge is 1.96. The van der Waals surface area contributed by atoms with E-state index in [0.717, 1.165) is 9.79 Å². The predicted octanol–water partition coefficient (Wildman–Crippen LogP) is 2.15. The van der Waals surface area contributed by atoms with Crippen LogP contribution >= 0.6 is 11.8 Å². The second kappa shape index (κ2) is 3.93. The van der Waals surface area contributed by atoms with E-state index in [2.05, 4.69) is 0 Å². The lowest BCUT2D eigenvalue weighted by Crippen LogP contribution is -1.86. The Hall–Kier alpha value is -0.280. The molecular weight excluding hydrogens is 176 g/mol. The van der Waals surface area contributed by atoms with Gasteiger partial charge in [0, 0.05) is 26.8 Å². The first kappa shape index (κ1) is 8.81. The molecule has 0 aliphatic rings. The Kier molecular flexibility index (Phi) is 3.15. The van der Waals surface area contributed by atoms with Crippen molar-refractivity contribution in [3.05, 3.63) is 24.3 Å². The fraction of sp³-hybridized carbons (Fsp3) is 0.250. The van der Waals surface area contributed by atoms with Crippen LogP contribution in [0.15, 0.2) is 34.1 Å². The van der Waals surface area contributed by atoms with Crippen LogP contribution in [0.1, 0.15) is 0 Å². The van der Waals surface area contributed by atoms with Crippen LogP contribution < -0.4 is 0 Å². The summed E-state index contributed by atoms with van der Waals surface area (Å²) >= 11 is 1.67. The lowest BCUT2D eigenvalue weighted by atomic mass is 10.4. The molecule has 1 atom stereocenters. The second-order valence-corrected chi connectivity index (χ2v) is 4.39. The van der Waals surface area contributed by atoms with Gasteiger partial charge in [-0.15, -0.1) is 11.8 Å². The minimum absolute atomic E-state index is 0.854. The van der Waals surface area contributed by atoms with Gasteiger partial charge in [0.05, 0.1) is 0 Å². The smallest absolute Gasteiger partial charge is 0.0498 e. The molecule has 0 bridgehead atoms. The fourth-order valence-corrected chi connectivity index (χ4v) is 1.88. The number of thioether (sulfide) groups is 1. The zero-order valence-corrected chi connectivity index (χ0v) is 8.17. The molecule has 1 aromatic rings. The Morgan fingerprint density at radius 1 is 1.45 bits per heavy atom. The molecule has 11 heavy (non-hydrogen) atoms. The summed E-state index contributed by atoms with van der Waals surface area (Å²) in [6, 6.07) is 7.79. The largest absolute Gasteiger partial charge is 0.255 e. The van der Waals surface area contributed by atoms with Crippen LogP contribution in [-0.4, -0.2) is 16.7 Å². The molecule has 0 saturated carbocycles. The third kappa shape index (κ3) is 2.34. The summed E-state index contributed by atoms with van der Waals surface area (Å²) in [5.74, 6) is 0. The first-order valence-corrected chi connectivity index (χ1v) is 6.00. The molecule has 1 rings (SSSR count). The van der Waals surface area contributed by atoms with E-state index in [1.165, 1.54) is 0 Å². The predicted molar refractivity (Wildman–Crippen MR) is 50.6 cm³/mol. The van der Waals surface area contributed by atoms with Crippen LogP contribution in [0.4, 0.5) is 0 Å². The molecular formula is C8H10OS2. The van der Waals surface area contributed by atoms with Gasteiger partial charge >= 0.3 is 0 Å². The average molecular weight is 186 g/mol. The topological polar surface area (TPSA) is 17.1 Å². The molecule has 0 amide bonds. The molecule has 1 aromatic carbocycles. The van der Waals surface area contributed by atoms with E-state index in [4.69, 9.17) is 0 Å². The van der Waals surface area contributed by atoms with Gasteiger partial charge in [-0.1, -0.05) is 6.07 Å². The van der Waals surface area contributed by atoms with Crippen molar-refractivity contribution in [1.82, 2.24) is 0 Å². The van der Waals surface area contributed by atoms with E-state index in [-0.39, 0.29) is 0 Å². The van der Waals surface area contributed by atoms with Crippen LogP contribution in [-0.2, 0) is 10.8 Å². The van der Waals surface area contributed by atoms with E-state index in [1.54, 1.807) is 18.0 Å². The summed E-state index contributed by atoms with van der Waals surface area (Å²) in [7, 11) is -0.854. The molecule has 0 radical (unpaired) electrons. The molecule has 0 aliphatic carbocycles. The zero-order valence-electron chi connectivity index (χ0n) is 6.53. The molecule has 0 spiro atoms. The zero-order chi connectivity index (χ0) is 8.27. The third-order valence-electron chi connectivity index (χ3n) is 1.37. The van der Waals surface area contributed by atoms with Crippen molar-refractivity contribution in [3.8, 4) is 0 Å². The van der Waals surface area contributed by atoms with Crippen LogP contribution in [0.25, 0.3) is 0 Å². The maximum atomic E-state index is 11.0. The molecule has 0 fully saturated rings. The second-order valence-electron chi connectivity index (χ2n) is 2.13. The van der Waals surface area contributed by atoms with Gasteiger partial charge in [-0.25, -0.2) is 0 Å². The van der Waals surface area contributed by atoms with Crippen molar-refractivity contribution in [2.45, 2.75) is 9.79 Å². The monoisotopic (exact) mass is 186 g/mol. The standard InChI is InChI=1S/C8H10OS2/c1-10-7-4-3-5-8(6-7)11(2)9/h3-6H,1-2H3. The highest BCUT2D eigenvalue weighted by Crippen LogP contribution is 2.17. The van der Waals surface area contributed by atoms with E-state index in [9.17, 15) is 4.21 Å². The minimum atomic E-state index is -0.854. The van der Waals surface area contributed by atoms with Crippen LogP contribution in [0.5, 0.6) is 0 Å². The molecule has 0 aliphatic heterocycles. The Bertz CT molecular complexity index is 271. The number of benzene rings is 1. The summed E-state index contributed by atoms with van der Waals surface area (Å²) in [4.78, 5) is 2.06. The van der Waals surface area contributed by atoms with Crippen molar-refractivity contribution in [3.63, 3.8) is 0 Å². The molecule has 1 unspecified atom stereocenters. The molecule has 0 heterocycles. The quantitative estimate of drug-likeness (QED) is 0.658. The van der Waals surface area contributed by atoms with E-state index in [0.29, 0.717) is 0 Å². The lowest BCUT2D eigenvalue weighted by Gasteiger charge is -1.98. The minimum Gasteiger partial charge on any atom is -0.255 e. The molecule has 1 nitrogen and oxygen atoms in total. The lowest BCUT2D eigenvalue weighted by molar-refractivity contribution is 0.686. The SMILES string of the molecule is CSc1cccc(S(C)=O)c1. The molecule has 0 N–H and O–H groups in total. The molecule has 0 aromatic heterocycles. The van der Waals surface area contributed by atoms with Gasteiger partial charge in [0.1, 0.15) is 0 Å². The Balaban J connectivity index is 3.01. The summed E-state index contributed by atoms with van der Waals surface area (Å²) in [5.41, 5.74) is 0. The van der Waals surface area contributed by atoms with Gasteiger partial charge in [0.15, 0.2) is 0 Å².